The highest BCUT2D eigenvalue weighted by Crippen LogP contribution is 2.24. The van der Waals surface area contributed by atoms with Crippen LogP contribution >= 0.6 is 0 Å². The highest BCUT2D eigenvalue weighted by molar-refractivity contribution is 5.62. The molecule has 0 aliphatic rings. The summed E-state index contributed by atoms with van der Waals surface area (Å²) in [6.07, 6.45) is 0. The zero-order valence-electron chi connectivity index (χ0n) is 9.70. The average Bonchev–Trinajstić information content (AvgIpc) is 2.01. The highest BCUT2D eigenvalue weighted by atomic mass is 16.4. The first-order valence-corrected chi connectivity index (χ1v) is 4.88. The fourth-order valence-electron chi connectivity index (χ4n) is 1.49. The van der Waals surface area contributed by atoms with Crippen LogP contribution in [0.4, 0.5) is 5.69 Å². The predicted octanol–water partition coefficient (Wildman–Crippen LogP) is 2.66. The Bertz CT molecular complexity index is 308. The van der Waals surface area contributed by atoms with Crippen LogP contribution in [0.15, 0.2) is 18.2 Å². The standard InChI is InChI=1S/C10H15N.C2H3O2/c1-7(2)10-8(3)5-4-6-9(10)11;1-2(3)4/h4-7H,11H2,1-3H3;1H3. The number of hydrogen-bond acceptors (Lipinski definition) is 2. The van der Waals surface area contributed by atoms with Crippen LogP contribution in [0.2, 0.25) is 0 Å². The monoisotopic (exact) mass is 208 g/mol. The molecule has 0 heterocycles. The Morgan fingerprint density at radius 2 is 1.80 bits per heavy atom. The van der Waals surface area contributed by atoms with Gasteiger partial charge in [-0.05, 0) is 30.0 Å². The maximum atomic E-state index is 8.89. The van der Waals surface area contributed by atoms with Crippen LogP contribution in [0.1, 0.15) is 37.8 Å². The van der Waals surface area contributed by atoms with Gasteiger partial charge in [-0.15, -0.1) is 0 Å². The summed E-state index contributed by atoms with van der Waals surface area (Å²) >= 11 is 0. The zero-order valence-corrected chi connectivity index (χ0v) is 9.70. The maximum absolute atomic E-state index is 8.89. The number of nitrogens with two attached hydrogens (primary N) is 1. The lowest BCUT2D eigenvalue weighted by Crippen LogP contribution is -1.98. The Labute approximate surface area is 90.9 Å². The van der Waals surface area contributed by atoms with Crippen molar-refractivity contribution in [3.05, 3.63) is 29.3 Å². The van der Waals surface area contributed by atoms with Crippen LogP contribution in [-0.4, -0.2) is 5.97 Å². The Balaban J connectivity index is 0.000000423. The van der Waals surface area contributed by atoms with Crippen LogP contribution < -0.4 is 5.73 Å². The van der Waals surface area contributed by atoms with Gasteiger partial charge in [-0.1, -0.05) is 26.0 Å². The predicted molar refractivity (Wildman–Crippen MR) is 61.0 cm³/mol. The van der Waals surface area contributed by atoms with Gasteiger partial charge in [-0.3, -0.25) is 0 Å². The van der Waals surface area contributed by atoms with Gasteiger partial charge in [0.05, 0.1) is 0 Å². The van der Waals surface area contributed by atoms with Crippen molar-refractivity contribution in [3.8, 4) is 0 Å². The molecule has 0 unspecified atom stereocenters. The van der Waals surface area contributed by atoms with Gasteiger partial charge in [0, 0.05) is 12.6 Å². The first-order chi connectivity index (χ1) is 6.86. The molecule has 2 N–H and O–H groups in total. The number of anilines is 1. The number of nitrogen functional groups attached to an aromatic ring is 1. The number of hydrogen-bond donors (Lipinski definition) is 1. The van der Waals surface area contributed by atoms with Crippen molar-refractivity contribution < 1.29 is 9.90 Å². The number of rotatable bonds is 1. The van der Waals surface area contributed by atoms with Gasteiger partial charge in [0.1, 0.15) is 0 Å². The normalized spacial score (nSPS) is 9.40. The number of aryl methyl sites for hydroxylation is 1. The number of benzene rings is 1. The van der Waals surface area contributed by atoms with E-state index in [1.54, 1.807) is 0 Å². The van der Waals surface area contributed by atoms with Crippen LogP contribution in [-0.2, 0) is 9.90 Å². The Hall–Kier alpha value is -1.51. The Morgan fingerprint density at radius 3 is 2.07 bits per heavy atom. The summed E-state index contributed by atoms with van der Waals surface area (Å²) in [4.78, 5) is 8.89. The van der Waals surface area contributed by atoms with Crippen molar-refractivity contribution >= 4 is 11.7 Å². The fourth-order valence-corrected chi connectivity index (χ4v) is 1.49. The molecule has 0 amide bonds. The minimum absolute atomic E-state index is 0.524. The molecule has 0 fully saturated rings. The summed E-state index contributed by atoms with van der Waals surface area (Å²) in [5.74, 6) is -0.559. The van der Waals surface area contributed by atoms with Crippen LogP contribution in [0.3, 0.4) is 0 Å². The van der Waals surface area contributed by atoms with Crippen molar-refractivity contribution in [3.63, 3.8) is 0 Å². The second-order valence-corrected chi connectivity index (χ2v) is 3.72. The van der Waals surface area contributed by atoms with E-state index in [-0.39, 0.29) is 0 Å². The highest BCUT2D eigenvalue weighted by Gasteiger charge is 2.05. The quantitative estimate of drug-likeness (QED) is 0.721. The molecule has 0 aliphatic heterocycles. The SMILES string of the molecule is CC([O])=O.Cc1cccc(N)c1C(C)C. The van der Waals surface area contributed by atoms with Crippen LogP contribution in [0.5, 0.6) is 0 Å². The van der Waals surface area contributed by atoms with Gasteiger partial charge >= 0.3 is 5.97 Å². The van der Waals surface area contributed by atoms with Gasteiger partial charge < -0.3 is 5.73 Å². The second kappa shape index (κ2) is 6.06. The van der Waals surface area contributed by atoms with Gasteiger partial charge in [0.25, 0.3) is 0 Å². The molecule has 3 heteroatoms. The Morgan fingerprint density at radius 1 is 1.33 bits per heavy atom. The molecule has 3 nitrogen and oxygen atoms in total. The van der Waals surface area contributed by atoms with E-state index in [4.69, 9.17) is 15.6 Å². The molecule has 1 radical (unpaired) electrons. The minimum atomic E-state index is -1.08. The maximum Gasteiger partial charge on any atom is 0.352 e. The minimum Gasteiger partial charge on any atom is -0.398 e. The molecule has 0 aromatic heterocycles. The lowest BCUT2D eigenvalue weighted by atomic mass is 9.96. The van der Waals surface area contributed by atoms with Crippen molar-refractivity contribution in [2.45, 2.75) is 33.6 Å². The molecule has 0 aliphatic carbocycles. The topological polar surface area (TPSA) is 63.0 Å². The van der Waals surface area contributed by atoms with E-state index in [0.29, 0.717) is 5.92 Å². The molecule has 0 bridgehead atoms. The molecule has 1 aromatic carbocycles. The first-order valence-electron chi connectivity index (χ1n) is 4.88. The zero-order chi connectivity index (χ0) is 12.0. The second-order valence-electron chi connectivity index (χ2n) is 3.72. The van der Waals surface area contributed by atoms with E-state index in [1.807, 2.05) is 12.1 Å². The van der Waals surface area contributed by atoms with E-state index in [9.17, 15) is 0 Å². The molecule has 1 rings (SSSR count). The van der Waals surface area contributed by atoms with E-state index in [0.717, 1.165) is 12.6 Å². The van der Waals surface area contributed by atoms with Crippen molar-refractivity contribution in [1.29, 1.82) is 0 Å². The van der Waals surface area contributed by atoms with Crippen molar-refractivity contribution in [2.24, 2.45) is 0 Å². The number of carbonyl (C=O) groups is 1. The van der Waals surface area contributed by atoms with Crippen LogP contribution in [0.25, 0.3) is 0 Å². The molecule has 83 valence electrons. The summed E-state index contributed by atoms with van der Waals surface area (Å²) in [5.41, 5.74) is 9.32. The summed E-state index contributed by atoms with van der Waals surface area (Å²) in [5, 5.41) is 8.89. The lowest BCUT2D eigenvalue weighted by Gasteiger charge is -2.11. The molecule has 15 heavy (non-hydrogen) atoms. The molecular weight excluding hydrogens is 190 g/mol. The molecule has 0 saturated heterocycles. The van der Waals surface area contributed by atoms with E-state index in [2.05, 4.69) is 26.8 Å². The van der Waals surface area contributed by atoms with Gasteiger partial charge in [0.2, 0.25) is 0 Å². The third kappa shape index (κ3) is 5.05. The van der Waals surface area contributed by atoms with E-state index in [1.165, 1.54) is 11.1 Å². The molecule has 0 atom stereocenters. The van der Waals surface area contributed by atoms with Gasteiger partial charge in [0.15, 0.2) is 0 Å². The van der Waals surface area contributed by atoms with E-state index >= 15 is 0 Å². The summed E-state index contributed by atoms with van der Waals surface area (Å²) < 4.78 is 0. The lowest BCUT2D eigenvalue weighted by molar-refractivity contribution is -0.140. The third-order valence-electron chi connectivity index (χ3n) is 1.94. The summed E-state index contributed by atoms with van der Waals surface area (Å²) in [6.45, 7) is 7.41. The smallest absolute Gasteiger partial charge is 0.352 e. The van der Waals surface area contributed by atoms with Gasteiger partial charge in [-0.25, -0.2) is 9.90 Å². The molecule has 1 aromatic rings. The van der Waals surface area contributed by atoms with Crippen LogP contribution in [0, 0.1) is 6.92 Å². The Kier molecular flexibility index (Phi) is 5.45. The van der Waals surface area contributed by atoms with Crippen molar-refractivity contribution in [2.75, 3.05) is 5.73 Å². The number of carbonyl (C=O) groups excluding carboxylic acids is 1. The average molecular weight is 208 g/mol. The molecule has 0 spiro atoms. The third-order valence-corrected chi connectivity index (χ3v) is 1.94. The largest absolute Gasteiger partial charge is 0.398 e. The molecular formula is C12H18NO2. The molecule has 0 saturated carbocycles. The summed E-state index contributed by atoms with van der Waals surface area (Å²) in [7, 11) is 0. The first kappa shape index (κ1) is 13.5. The van der Waals surface area contributed by atoms with Gasteiger partial charge in [-0.2, -0.15) is 0 Å². The van der Waals surface area contributed by atoms with Crippen molar-refractivity contribution in [1.82, 2.24) is 0 Å². The fraction of sp³-hybridized carbons (Fsp3) is 0.417. The summed E-state index contributed by atoms with van der Waals surface area (Å²) in [6, 6.07) is 6.06. The van der Waals surface area contributed by atoms with E-state index < -0.39 is 5.97 Å².